The van der Waals surface area contributed by atoms with Crippen LogP contribution in [-0.2, 0) is 17.1 Å². The molecule has 0 saturated carbocycles. The van der Waals surface area contributed by atoms with Gasteiger partial charge in [-0.25, -0.2) is 0 Å². The van der Waals surface area contributed by atoms with Crippen LogP contribution in [0.15, 0.2) is 0 Å². The van der Waals surface area contributed by atoms with Gasteiger partial charge in [0, 0.05) is 20.5 Å². The van der Waals surface area contributed by atoms with E-state index in [9.17, 15) is 0 Å². The topological polar surface area (TPSA) is 89.4 Å². The van der Waals surface area contributed by atoms with Crippen LogP contribution in [0.3, 0.4) is 0 Å². The molecule has 0 aromatic heterocycles. The maximum absolute atomic E-state index is 8.73. The number of halogens is 1. The Morgan fingerprint density at radius 2 is 1.14 bits per heavy atom. The minimum atomic E-state index is -5.69. The smallest absolute Gasteiger partial charge is 0.256 e. The third kappa shape index (κ3) is 53.1. The summed E-state index contributed by atoms with van der Waals surface area (Å²) in [6, 6.07) is 0. The first-order valence-corrected chi connectivity index (χ1v) is 4.24. The van der Waals surface area contributed by atoms with Gasteiger partial charge in [0.1, 0.15) is 0 Å². The molecule has 0 radical (unpaired) electrons. The zero-order chi connectivity index (χ0) is 4.50. The fraction of sp³-hybridized carbons (Fsp3) is 0. The molecule has 0 aliphatic carbocycles. The molecule has 0 heterocycles. The van der Waals surface area contributed by atoms with Crippen molar-refractivity contribution < 1.29 is 50.9 Å². The average molecular weight is 288 g/mol. The Morgan fingerprint density at radius 3 is 1.14 bits per heavy atom. The molecule has 0 spiro atoms. The van der Waals surface area contributed by atoms with Gasteiger partial charge in [0.2, 0.25) is 0 Å². The summed E-state index contributed by atoms with van der Waals surface area (Å²) in [5, 5.41) is 0. The molecule has 0 rings (SSSR count). The van der Waals surface area contributed by atoms with Gasteiger partial charge in [-0.05, 0) is 0 Å². The molecule has 0 amide bonds. The number of hydrogen-bond donors (Lipinski definition) is 1. The third-order valence-corrected chi connectivity index (χ3v) is 0. The van der Waals surface area contributed by atoms with Crippen LogP contribution in [0, 0.1) is 0 Å². The summed E-state index contributed by atoms with van der Waals surface area (Å²) in [5.41, 5.74) is 0. The van der Waals surface area contributed by atoms with Gasteiger partial charge in [0.25, 0.3) is 0 Å². The van der Waals surface area contributed by atoms with Gasteiger partial charge in [0.15, 0.2) is 0 Å². The monoisotopic (exact) mass is 288 g/mol. The van der Waals surface area contributed by atoms with Crippen LogP contribution in [0.2, 0.25) is 0 Å². The first-order chi connectivity index (χ1) is 2.00. The molecule has 0 atom stereocenters. The van der Waals surface area contributed by atoms with Crippen LogP contribution in [0.25, 0.3) is 0 Å². The van der Waals surface area contributed by atoms with Crippen LogP contribution in [-0.4, -0.2) is 54.8 Å². The minimum absolute atomic E-state index is 0. The van der Waals surface area contributed by atoms with Crippen LogP contribution in [0.4, 0.5) is 0 Å². The second-order valence-electron chi connectivity index (χ2n) is 0.396. The van der Waals surface area contributed by atoms with E-state index in [0.29, 0.717) is 0 Å². The maximum atomic E-state index is 8.73. The number of hydrogen-bond acceptors (Lipinski definition) is 4. The van der Waals surface area contributed by atoms with Crippen molar-refractivity contribution in [1.29, 1.82) is 0 Å². The Bertz CT molecular complexity index is 27.2. The summed E-state index contributed by atoms with van der Waals surface area (Å²) in [6.07, 6.45) is 0. The molecule has 4 nitrogen and oxygen atoms in total. The van der Waals surface area contributed by atoms with Crippen LogP contribution in [0.1, 0.15) is 0 Å². The molecule has 0 bridgehead atoms. The van der Waals surface area contributed by atoms with Crippen molar-refractivity contribution in [2.75, 3.05) is 0 Å². The van der Waals surface area contributed by atoms with Gasteiger partial charge in [-0.2, -0.15) is 0 Å². The molecule has 0 aliphatic rings. The zero-order valence-electron chi connectivity index (χ0n) is 2.40. The summed E-state index contributed by atoms with van der Waals surface area (Å²) in [4.78, 5) is 0. The fourth-order valence-corrected chi connectivity index (χ4v) is 0. The van der Waals surface area contributed by atoms with E-state index in [4.69, 9.17) is 13.7 Å². The molecule has 7 heteroatoms. The molecule has 0 aliphatic heterocycles. The van der Waals surface area contributed by atoms with Gasteiger partial charge in [-0.3, -0.25) is 10.3 Å². The Kier molecular flexibility index (Phi) is 16.0. The van der Waals surface area contributed by atoms with Crippen molar-refractivity contribution in [2.24, 2.45) is 0 Å². The molecular weight excluding hydrogens is 286 g/mol. The Morgan fingerprint density at radius 1 is 1.14 bits per heavy atom. The molecule has 0 fully saturated rings. The summed E-state index contributed by atoms with van der Waals surface area (Å²) in [6.45, 7) is 0. The largest absolute Gasteiger partial charge is 0.368 e. The average Bonchev–Trinajstić information content (AvgIpc) is 0.722. The van der Waals surface area contributed by atoms with Crippen molar-refractivity contribution in [3.8, 4) is 0 Å². The third-order valence-electron chi connectivity index (χ3n) is 0. The van der Waals surface area contributed by atoms with Gasteiger partial charge in [-0.15, -0.1) is 0 Å². The molecular formula is H2FeIKO4. The van der Waals surface area contributed by atoms with Crippen molar-refractivity contribution in [2.45, 2.75) is 0 Å². The predicted molar refractivity (Wildman–Crippen MR) is 9.37 cm³/mol. The summed E-state index contributed by atoms with van der Waals surface area (Å²) < 4.78 is 33.2. The van der Waals surface area contributed by atoms with E-state index in [-0.39, 0.29) is 68.5 Å². The number of rotatable bonds is 0. The molecule has 0 aromatic rings. The summed E-state index contributed by atoms with van der Waals surface area (Å²) >= 11 is -5.69. The summed E-state index contributed by atoms with van der Waals surface area (Å²) in [5.74, 6) is 0. The molecule has 7 heavy (non-hydrogen) atoms. The quantitative estimate of drug-likeness (QED) is 0.354. The van der Waals surface area contributed by atoms with Gasteiger partial charge < -0.3 is 0 Å². The zero-order valence-corrected chi connectivity index (χ0v) is 5.67. The molecule has 0 saturated heterocycles. The van der Waals surface area contributed by atoms with E-state index in [1.54, 1.807) is 0 Å². The van der Waals surface area contributed by atoms with Gasteiger partial charge >= 0.3 is 71.5 Å². The van der Waals surface area contributed by atoms with E-state index in [0.717, 1.165) is 0 Å². The van der Waals surface area contributed by atoms with E-state index < -0.39 is 20.1 Å². The standard InChI is InChI=1S/Fe.HIO4.K.H/c;2-1(3,4)5;;/h;2H;;. The second kappa shape index (κ2) is 6.84. The fourth-order valence-electron chi connectivity index (χ4n) is 0. The molecule has 0 unspecified atom stereocenters. The van der Waals surface area contributed by atoms with Crippen molar-refractivity contribution >= 4 is 51.4 Å². The predicted octanol–water partition coefficient (Wildman–Crippen LogP) is -7.77. The van der Waals surface area contributed by atoms with Crippen LogP contribution < -0.4 is 30.4 Å². The second-order valence-corrected chi connectivity index (χ2v) is 2.66. The van der Waals surface area contributed by atoms with Crippen LogP contribution >= 0.6 is 0 Å². The molecule has 1 N–H and O–H groups in total. The first-order valence-electron chi connectivity index (χ1n) is 0.632. The SMILES string of the molecule is [Fe].[KH].[O-][I+3]([O-])([O-])O. The van der Waals surface area contributed by atoms with Crippen molar-refractivity contribution in [3.63, 3.8) is 0 Å². The van der Waals surface area contributed by atoms with E-state index >= 15 is 0 Å². The molecule has 42 valence electrons. The van der Waals surface area contributed by atoms with Crippen molar-refractivity contribution in [3.05, 3.63) is 0 Å². The van der Waals surface area contributed by atoms with E-state index in [1.807, 2.05) is 0 Å². The van der Waals surface area contributed by atoms with E-state index in [1.165, 1.54) is 0 Å². The van der Waals surface area contributed by atoms with Crippen molar-refractivity contribution in [1.82, 2.24) is 0 Å². The first kappa shape index (κ1) is 16.4. The Hall–Kier alpha value is 2.73. The normalized spacial score (nSPS) is 8.57. The Labute approximate surface area is 99.9 Å². The minimum Gasteiger partial charge on any atom is -0.256 e. The summed E-state index contributed by atoms with van der Waals surface area (Å²) in [7, 11) is 0. The maximum Gasteiger partial charge on any atom is 0.368 e. The van der Waals surface area contributed by atoms with Crippen LogP contribution in [0.5, 0.6) is 0 Å². The van der Waals surface area contributed by atoms with E-state index in [2.05, 4.69) is 0 Å². The van der Waals surface area contributed by atoms with Gasteiger partial charge in [-0.1, -0.05) is 0 Å². The molecule has 0 aromatic carbocycles. The Balaban J connectivity index is -0.0000000800. The van der Waals surface area contributed by atoms with Gasteiger partial charge in [0.05, 0.1) is 0 Å².